The third kappa shape index (κ3) is 5.71. The molecule has 3 aliphatic rings. The van der Waals surface area contributed by atoms with Crippen LogP contribution in [-0.4, -0.2) is 130 Å². The van der Waals surface area contributed by atoms with Gasteiger partial charge in [-0.3, -0.25) is 0 Å². The molecule has 0 bridgehead atoms. The highest BCUT2D eigenvalue weighted by Crippen LogP contribution is 2.46. The minimum absolute atomic E-state index is 0.0156. The first-order valence-electron chi connectivity index (χ1n) is 13.0. The van der Waals surface area contributed by atoms with Gasteiger partial charge in [0, 0.05) is 12.1 Å². The van der Waals surface area contributed by atoms with E-state index in [0.717, 1.165) is 0 Å². The van der Waals surface area contributed by atoms with Gasteiger partial charge >= 0.3 is 0 Å². The minimum Gasteiger partial charge on any atom is -0.571 e. The quantitative estimate of drug-likeness (QED) is 0.147. The third-order valence-electron chi connectivity index (χ3n) is 7.33. The highest BCUT2D eigenvalue weighted by molar-refractivity contribution is 5.69. The molecule has 11 atom stereocenters. The van der Waals surface area contributed by atoms with Crippen LogP contribution in [0.4, 0.5) is 0 Å². The molecule has 0 aromatic heterocycles. The van der Waals surface area contributed by atoms with Crippen LogP contribution in [-0.2, 0) is 14.2 Å². The monoisotopic (exact) mass is 597 g/mol. The molecule has 0 radical (unpaired) electrons. The van der Waals surface area contributed by atoms with Gasteiger partial charge in [0.05, 0.1) is 24.8 Å². The number of aromatic hydroxyl groups is 3. The van der Waals surface area contributed by atoms with Crippen LogP contribution in [0, 0.1) is 0 Å². The minimum atomic E-state index is -1.75. The standard InChI is InChI=1S/C27H32O15/c28-8-17-19(32)21(34)23(36)26(41-17)39-15-6-12(31)5-14-13(15)7-16(25(38-14)10-1-3-11(30)4-2-10)40-27-24(37)22(35)20(33)18(9-29)42-27/h1-7,17-37H,8-9H2/p+1/t17-,18-,19-,20-,21+,22+,23-,24-,25?,26-,27-/m1/s1. The van der Waals surface area contributed by atoms with Gasteiger partial charge < -0.3 is 74.7 Å². The number of hydrogen-bond donors (Lipinski definition) is 10. The Balaban J connectivity index is 1.53. The summed E-state index contributed by atoms with van der Waals surface area (Å²) >= 11 is 0. The van der Waals surface area contributed by atoms with E-state index in [9.17, 15) is 51.1 Å². The summed E-state index contributed by atoms with van der Waals surface area (Å²) in [4.78, 5) is 0. The van der Waals surface area contributed by atoms with E-state index >= 15 is 0 Å². The maximum atomic E-state index is 10.6. The summed E-state index contributed by atoms with van der Waals surface area (Å²) in [5.74, 6) is -0.246. The molecule has 15 nitrogen and oxygen atoms in total. The van der Waals surface area contributed by atoms with Crippen molar-refractivity contribution in [3.8, 4) is 23.0 Å². The van der Waals surface area contributed by atoms with Gasteiger partial charge in [0.15, 0.2) is 5.76 Å². The molecule has 15 heteroatoms. The number of aliphatic hydroxyl groups is 9. The fourth-order valence-corrected chi connectivity index (χ4v) is 4.95. The zero-order valence-corrected chi connectivity index (χ0v) is 21.9. The number of phenolic OH excluding ortho intramolecular Hbond substituents is 2. The number of rotatable bonds is 7. The second-order valence-electron chi connectivity index (χ2n) is 10.2. The van der Waals surface area contributed by atoms with Gasteiger partial charge in [0.25, 0.3) is 11.9 Å². The van der Waals surface area contributed by atoms with Gasteiger partial charge in [-0.2, -0.15) is 0 Å². The molecule has 11 N–H and O–H groups in total. The lowest BCUT2D eigenvalue weighted by Gasteiger charge is -2.40. The predicted octanol–water partition coefficient (Wildman–Crippen LogP) is -2.57. The van der Waals surface area contributed by atoms with Gasteiger partial charge in [-0.15, -0.1) is 0 Å². The van der Waals surface area contributed by atoms with Crippen molar-refractivity contribution in [3.63, 3.8) is 0 Å². The Morgan fingerprint density at radius 3 is 1.76 bits per heavy atom. The zero-order chi connectivity index (χ0) is 30.3. The molecular weight excluding hydrogens is 564 g/mol. The molecule has 0 aliphatic carbocycles. The number of benzene rings is 2. The first-order chi connectivity index (χ1) is 20.0. The van der Waals surface area contributed by atoms with Crippen LogP contribution in [0.25, 0.3) is 6.08 Å². The van der Waals surface area contributed by atoms with Crippen LogP contribution in [0.5, 0.6) is 23.0 Å². The lowest BCUT2D eigenvalue weighted by molar-refractivity contribution is -0.295. The van der Waals surface area contributed by atoms with Gasteiger partial charge in [-0.25, -0.2) is 0 Å². The summed E-state index contributed by atoms with van der Waals surface area (Å²) in [6, 6.07) is 8.38. The van der Waals surface area contributed by atoms with Crippen molar-refractivity contribution >= 4 is 6.08 Å². The molecule has 230 valence electrons. The van der Waals surface area contributed by atoms with E-state index in [1.807, 2.05) is 0 Å². The number of phenols is 2. The van der Waals surface area contributed by atoms with E-state index in [0.29, 0.717) is 5.56 Å². The lowest BCUT2D eigenvalue weighted by atomic mass is 9.98. The van der Waals surface area contributed by atoms with E-state index in [2.05, 4.69) is 4.74 Å². The van der Waals surface area contributed by atoms with Crippen molar-refractivity contribution in [3.05, 3.63) is 53.3 Å². The highest BCUT2D eigenvalue weighted by Gasteiger charge is 2.48. The van der Waals surface area contributed by atoms with E-state index in [1.54, 1.807) is 12.1 Å². The topological polar surface area (TPSA) is 252 Å². The summed E-state index contributed by atoms with van der Waals surface area (Å²) in [5.41, 5.74) is 0.674. The molecule has 42 heavy (non-hydrogen) atoms. The van der Waals surface area contributed by atoms with Crippen molar-refractivity contribution in [2.45, 2.75) is 67.5 Å². The number of ether oxygens (including phenoxy) is 5. The summed E-state index contributed by atoms with van der Waals surface area (Å²) < 4.78 is 27.3. The molecule has 2 aromatic rings. The Labute approximate surface area is 238 Å². The number of fused-ring (bicyclic) bond motifs is 1. The van der Waals surface area contributed by atoms with E-state index < -0.39 is 80.7 Å². The Kier molecular flexibility index (Phi) is 8.77. The normalized spacial score (nSPS) is 36.4. The van der Waals surface area contributed by atoms with E-state index in [1.165, 1.54) is 30.3 Å². The van der Waals surface area contributed by atoms with Crippen LogP contribution in [0.2, 0.25) is 0 Å². The smallest absolute Gasteiger partial charge is 0.270 e. The molecular formula is C27H33O15+. The molecule has 0 spiro atoms. The van der Waals surface area contributed by atoms with E-state index in [4.69, 9.17) is 18.9 Å². The Bertz CT molecular complexity index is 1260. The molecule has 2 aromatic carbocycles. The van der Waals surface area contributed by atoms with Crippen LogP contribution in [0.15, 0.2) is 42.2 Å². The van der Waals surface area contributed by atoms with E-state index in [-0.39, 0.29) is 34.3 Å². The molecule has 3 heterocycles. The van der Waals surface area contributed by atoms with Crippen molar-refractivity contribution in [1.82, 2.24) is 0 Å². The summed E-state index contributed by atoms with van der Waals surface area (Å²) in [7, 11) is 0. The summed E-state index contributed by atoms with van der Waals surface area (Å²) in [5, 5.41) is 101. The lowest BCUT2D eigenvalue weighted by Crippen LogP contribution is -2.60. The molecule has 0 saturated carbocycles. The van der Waals surface area contributed by atoms with Crippen LogP contribution < -0.4 is 4.74 Å². The van der Waals surface area contributed by atoms with Gasteiger partial charge in [0.2, 0.25) is 12.6 Å². The molecule has 2 fully saturated rings. The summed E-state index contributed by atoms with van der Waals surface area (Å²) in [6.07, 6.45) is -15.4. The second-order valence-corrected chi connectivity index (χ2v) is 10.2. The SMILES string of the molecule is OC[C@H]1O[C@@H](OC2=Cc3c(O[C@@H]4O[C@H](CO)[C@@H](O)[C@H](O)[C@H]4O)cc(O)cc3[OH+]C2c2ccc(O)cc2)[C@H](O)[C@@H](O)[C@@H]1O. The Morgan fingerprint density at radius 2 is 1.21 bits per heavy atom. The van der Waals surface area contributed by atoms with Gasteiger partial charge in [-0.1, -0.05) is 0 Å². The molecule has 1 unspecified atom stereocenters. The molecule has 5 rings (SSSR count). The fraction of sp³-hybridized carbons (Fsp3) is 0.481. The molecule has 2 saturated heterocycles. The predicted molar refractivity (Wildman–Crippen MR) is 138 cm³/mol. The number of hydrogen-bond acceptors (Lipinski definition) is 14. The maximum Gasteiger partial charge on any atom is 0.270 e. The fourth-order valence-electron chi connectivity index (χ4n) is 4.95. The third-order valence-corrected chi connectivity index (χ3v) is 7.33. The van der Waals surface area contributed by atoms with Crippen molar-refractivity contribution < 1.29 is 74.7 Å². The van der Waals surface area contributed by atoms with Crippen LogP contribution >= 0.6 is 0 Å². The highest BCUT2D eigenvalue weighted by atomic mass is 16.7. The van der Waals surface area contributed by atoms with Gasteiger partial charge in [-0.05, 0) is 24.3 Å². The second kappa shape index (κ2) is 12.2. The average molecular weight is 598 g/mol. The van der Waals surface area contributed by atoms with Crippen molar-refractivity contribution in [2.75, 3.05) is 13.2 Å². The Hall–Kier alpha value is -3.22. The first-order valence-corrected chi connectivity index (χ1v) is 13.0. The van der Waals surface area contributed by atoms with Crippen molar-refractivity contribution in [1.29, 1.82) is 0 Å². The maximum absolute atomic E-state index is 10.6. The van der Waals surface area contributed by atoms with Crippen molar-refractivity contribution in [2.24, 2.45) is 0 Å². The zero-order valence-electron chi connectivity index (χ0n) is 21.9. The Morgan fingerprint density at radius 1 is 0.667 bits per heavy atom. The number of aliphatic hydroxyl groups excluding tert-OH is 8. The van der Waals surface area contributed by atoms with Gasteiger partial charge in [0.1, 0.15) is 71.6 Å². The van der Waals surface area contributed by atoms with Crippen LogP contribution in [0.1, 0.15) is 17.2 Å². The largest absolute Gasteiger partial charge is 0.571 e. The molecule has 0 amide bonds. The summed E-state index contributed by atoms with van der Waals surface area (Å²) in [6.45, 7) is -1.38. The average Bonchev–Trinajstić information content (AvgIpc) is 2.98. The first kappa shape index (κ1) is 30.2. The molecule has 3 aliphatic heterocycles. The van der Waals surface area contributed by atoms with Crippen LogP contribution in [0.3, 0.4) is 0 Å².